The molecule has 1 aromatic rings. The van der Waals surface area contributed by atoms with Gasteiger partial charge in [0.05, 0.1) is 12.6 Å². The van der Waals surface area contributed by atoms with Crippen LogP contribution in [0.3, 0.4) is 0 Å². The van der Waals surface area contributed by atoms with Crippen molar-refractivity contribution in [3.63, 3.8) is 0 Å². The van der Waals surface area contributed by atoms with Crippen molar-refractivity contribution in [3.05, 3.63) is 35.6 Å². The second kappa shape index (κ2) is 6.77. The van der Waals surface area contributed by atoms with Gasteiger partial charge in [-0.15, -0.1) is 6.42 Å². The summed E-state index contributed by atoms with van der Waals surface area (Å²) < 4.78 is 12.8. The lowest BCUT2D eigenvalue weighted by atomic mass is 10.1. The van der Waals surface area contributed by atoms with Crippen LogP contribution in [0.5, 0.6) is 0 Å². The van der Waals surface area contributed by atoms with Gasteiger partial charge in [0.25, 0.3) is 0 Å². The summed E-state index contributed by atoms with van der Waals surface area (Å²) in [5.41, 5.74) is 0.924. The van der Waals surface area contributed by atoms with Gasteiger partial charge < -0.3 is 5.32 Å². The Bertz CT molecular complexity index is 436. The van der Waals surface area contributed by atoms with Crippen LogP contribution in [0.15, 0.2) is 24.3 Å². The number of carbonyl (C=O) groups excluding carboxylic acids is 1. The number of rotatable bonds is 5. The van der Waals surface area contributed by atoms with Crippen molar-refractivity contribution in [1.29, 1.82) is 0 Å². The summed E-state index contributed by atoms with van der Waals surface area (Å²) in [6.45, 7) is 3.89. The van der Waals surface area contributed by atoms with Gasteiger partial charge in [-0.3, -0.25) is 10.1 Å². The molecule has 0 aromatic heterocycles. The minimum Gasteiger partial charge on any atom is -0.344 e. The van der Waals surface area contributed by atoms with Crippen LogP contribution in [0.4, 0.5) is 4.39 Å². The number of amides is 1. The fourth-order valence-electron chi connectivity index (χ4n) is 1.59. The van der Waals surface area contributed by atoms with Crippen molar-refractivity contribution in [1.82, 2.24) is 10.6 Å². The second-order valence-electron chi connectivity index (χ2n) is 4.08. The summed E-state index contributed by atoms with van der Waals surface area (Å²) in [7, 11) is 0. The van der Waals surface area contributed by atoms with Crippen LogP contribution < -0.4 is 10.6 Å². The Morgan fingerprint density at radius 2 is 2.00 bits per heavy atom. The summed E-state index contributed by atoms with van der Waals surface area (Å²) in [6.07, 6.45) is 5.06. The van der Waals surface area contributed by atoms with Gasteiger partial charge in [-0.2, -0.15) is 0 Å². The third kappa shape index (κ3) is 4.19. The molecule has 2 atom stereocenters. The third-order valence-corrected chi connectivity index (χ3v) is 2.63. The summed E-state index contributed by atoms with van der Waals surface area (Å²) >= 11 is 0. The topological polar surface area (TPSA) is 41.1 Å². The van der Waals surface area contributed by atoms with Gasteiger partial charge in [0, 0.05) is 6.04 Å². The average Bonchev–Trinajstić information content (AvgIpc) is 2.36. The number of hydrogen-bond donors (Lipinski definition) is 2. The normalized spacial score (nSPS) is 13.4. The van der Waals surface area contributed by atoms with Crippen molar-refractivity contribution in [2.75, 3.05) is 6.54 Å². The zero-order chi connectivity index (χ0) is 13.5. The molecule has 0 aliphatic rings. The van der Waals surface area contributed by atoms with Crippen LogP contribution in [0.25, 0.3) is 0 Å². The van der Waals surface area contributed by atoms with Crippen molar-refractivity contribution in [2.24, 2.45) is 0 Å². The summed E-state index contributed by atoms with van der Waals surface area (Å²) in [5, 5.41) is 5.72. The standard InChI is InChI=1S/C14H17FN2O/c1-4-9-16-14(18)11(3)17-10(2)12-5-7-13(15)8-6-12/h1,5-8,10-11,17H,9H2,2-3H3,(H,16,18)/t10-,11?/m1/s1. The zero-order valence-electron chi connectivity index (χ0n) is 10.5. The monoisotopic (exact) mass is 248 g/mol. The van der Waals surface area contributed by atoms with Crippen molar-refractivity contribution >= 4 is 5.91 Å². The molecule has 0 bridgehead atoms. The van der Waals surface area contributed by atoms with E-state index in [4.69, 9.17) is 6.42 Å². The molecule has 0 saturated carbocycles. The van der Waals surface area contributed by atoms with Gasteiger partial charge in [-0.25, -0.2) is 4.39 Å². The Labute approximate surface area is 107 Å². The second-order valence-corrected chi connectivity index (χ2v) is 4.08. The van der Waals surface area contributed by atoms with E-state index in [0.29, 0.717) is 0 Å². The first kappa shape index (κ1) is 14.2. The van der Waals surface area contributed by atoms with Crippen molar-refractivity contribution in [3.8, 4) is 12.3 Å². The number of carbonyl (C=O) groups is 1. The molecular weight excluding hydrogens is 231 g/mol. The fourth-order valence-corrected chi connectivity index (χ4v) is 1.59. The van der Waals surface area contributed by atoms with Crippen LogP contribution in [0, 0.1) is 18.2 Å². The van der Waals surface area contributed by atoms with E-state index in [-0.39, 0.29) is 30.4 Å². The van der Waals surface area contributed by atoms with Gasteiger partial charge in [0.1, 0.15) is 5.82 Å². The lowest BCUT2D eigenvalue weighted by Crippen LogP contribution is -2.43. The Kier molecular flexibility index (Phi) is 5.34. The first-order chi connectivity index (χ1) is 8.54. The zero-order valence-corrected chi connectivity index (χ0v) is 10.5. The SMILES string of the molecule is C#CCNC(=O)C(C)N[C@H](C)c1ccc(F)cc1. The molecule has 1 aromatic carbocycles. The van der Waals surface area contributed by atoms with Crippen LogP contribution in [-0.2, 0) is 4.79 Å². The fraction of sp³-hybridized carbons (Fsp3) is 0.357. The minimum absolute atomic E-state index is 0.0443. The number of benzene rings is 1. The third-order valence-electron chi connectivity index (χ3n) is 2.63. The molecule has 1 amide bonds. The Hall–Kier alpha value is -1.86. The maximum atomic E-state index is 12.8. The van der Waals surface area contributed by atoms with Crippen molar-refractivity contribution in [2.45, 2.75) is 25.9 Å². The van der Waals surface area contributed by atoms with Gasteiger partial charge in [-0.1, -0.05) is 18.1 Å². The molecule has 2 N–H and O–H groups in total. The van der Waals surface area contributed by atoms with Crippen LogP contribution in [0.2, 0.25) is 0 Å². The predicted molar refractivity (Wildman–Crippen MR) is 69.3 cm³/mol. The molecule has 1 unspecified atom stereocenters. The van der Waals surface area contributed by atoms with E-state index in [0.717, 1.165) is 5.56 Å². The molecule has 0 fully saturated rings. The first-order valence-corrected chi connectivity index (χ1v) is 5.77. The highest BCUT2D eigenvalue weighted by Crippen LogP contribution is 2.13. The molecule has 0 radical (unpaired) electrons. The van der Waals surface area contributed by atoms with Gasteiger partial charge in [0.15, 0.2) is 0 Å². The largest absolute Gasteiger partial charge is 0.344 e. The van der Waals surface area contributed by atoms with Crippen LogP contribution in [0.1, 0.15) is 25.5 Å². The Morgan fingerprint density at radius 3 is 2.56 bits per heavy atom. The molecule has 0 spiro atoms. The average molecular weight is 248 g/mol. The minimum atomic E-state index is -0.363. The lowest BCUT2D eigenvalue weighted by Gasteiger charge is -2.19. The van der Waals surface area contributed by atoms with E-state index < -0.39 is 0 Å². The first-order valence-electron chi connectivity index (χ1n) is 5.77. The molecule has 0 saturated heterocycles. The van der Waals surface area contributed by atoms with E-state index in [1.807, 2.05) is 6.92 Å². The Morgan fingerprint density at radius 1 is 1.39 bits per heavy atom. The van der Waals surface area contributed by atoms with E-state index in [2.05, 4.69) is 16.6 Å². The Balaban J connectivity index is 2.54. The quantitative estimate of drug-likeness (QED) is 0.777. The van der Waals surface area contributed by atoms with E-state index in [1.165, 1.54) is 12.1 Å². The molecule has 96 valence electrons. The summed E-state index contributed by atoms with van der Waals surface area (Å²) in [5.74, 6) is 1.92. The van der Waals surface area contributed by atoms with E-state index >= 15 is 0 Å². The van der Waals surface area contributed by atoms with Crippen LogP contribution in [-0.4, -0.2) is 18.5 Å². The van der Waals surface area contributed by atoms with E-state index in [1.54, 1.807) is 19.1 Å². The smallest absolute Gasteiger partial charge is 0.237 e. The number of hydrogen-bond acceptors (Lipinski definition) is 2. The highest BCUT2D eigenvalue weighted by Gasteiger charge is 2.15. The number of terminal acetylenes is 1. The molecule has 3 nitrogen and oxygen atoms in total. The summed E-state index contributed by atoms with van der Waals surface area (Å²) in [4.78, 5) is 11.6. The molecule has 0 heterocycles. The molecule has 4 heteroatoms. The molecule has 18 heavy (non-hydrogen) atoms. The predicted octanol–water partition coefficient (Wildman–Crippen LogP) is 1.61. The molecular formula is C14H17FN2O. The highest BCUT2D eigenvalue weighted by molar-refractivity contribution is 5.81. The number of nitrogens with one attached hydrogen (secondary N) is 2. The van der Waals surface area contributed by atoms with Crippen LogP contribution >= 0.6 is 0 Å². The molecule has 0 aliphatic heterocycles. The maximum absolute atomic E-state index is 12.8. The van der Waals surface area contributed by atoms with E-state index in [9.17, 15) is 9.18 Å². The van der Waals surface area contributed by atoms with Gasteiger partial charge in [0.2, 0.25) is 5.91 Å². The lowest BCUT2D eigenvalue weighted by molar-refractivity contribution is -0.122. The summed E-state index contributed by atoms with van der Waals surface area (Å²) in [6, 6.07) is 5.78. The van der Waals surface area contributed by atoms with Gasteiger partial charge in [-0.05, 0) is 31.5 Å². The molecule has 0 aliphatic carbocycles. The molecule has 1 rings (SSSR count). The highest BCUT2D eigenvalue weighted by atomic mass is 19.1. The van der Waals surface area contributed by atoms with Gasteiger partial charge >= 0.3 is 0 Å². The number of halogens is 1. The van der Waals surface area contributed by atoms with Crippen molar-refractivity contribution < 1.29 is 9.18 Å². The maximum Gasteiger partial charge on any atom is 0.237 e.